The average molecular weight is 469 g/mol. The molecule has 6 aromatic rings. The predicted molar refractivity (Wildman–Crippen MR) is 145 cm³/mol. The second-order valence-corrected chi connectivity index (χ2v) is 8.96. The molecule has 36 heavy (non-hydrogen) atoms. The van der Waals surface area contributed by atoms with Crippen molar-refractivity contribution in [2.75, 3.05) is 0 Å². The van der Waals surface area contributed by atoms with Crippen molar-refractivity contribution in [2.45, 2.75) is 13.8 Å². The zero-order valence-electron chi connectivity index (χ0n) is 20.1. The van der Waals surface area contributed by atoms with Crippen LogP contribution in [0.4, 0.5) is 0 Å². The van der Waals surface area contributed by atoms with Crippen molar-refractivity contribution in [3.8, 4) is 34.2 Å². The van der Waals surface area contributed by atoms with E-state index in [1.807, 2.05) is 109 Å². The van der Waals surface area contributed by atoms with Crippen LogP contribution in [0.15, 0.2) is 114 Å². The highest BCUT2D eigenvalue weighted by Crippen LogP contribution is 2.30. The number of benzene rings is 4. The number of aromatic nitrogens is 4. The predicted octanol–water partition coefficient (Wildman–Crippen LogP) is 6.52. The Morgan fingerprint density at radius 3 is 1.97 bits per heavy atom. The first-order chi connectivity index (χ1) is 17.6. The maximum absolute atomic E-state index is 13.9. The highest BCUT2D eigenvalue weighted by atomic mass is 16.1. The molecule has 0 N–H and O–H groups in total. The fourth-order valence-electron chi connectivity index (χ4n) is 4.41. The third kappa shape index (κ3) is 3.81. The van der Waals surface area contributed by atoms with Gasteiger partial charge in [0.1, 0.15) is 5.69 Å². The highest BCUT2D eigenvalue weighted by molar-refractivity contribution is 5.81. The van der Waals surface area contributed by atoms with Crippen molar-refractivity contribution in [3.05, 3.63) is 131 Å². The molecule has 174 valence electrons. The van der Waals surface area contributed by atoms with Gasteiger partial charge in [-0.1, -0.05) is 77.9 Å². The van der Waals surface area contributed by atoms with Gasteiger partial charge in [-0.05, 0) is 56.3 Å². The molecule has 0 amide bonds. The normalized spacial score (nSPS) is 11.2. The van der Waals surface area contributed by atoms with Gasteiger partial charge in [-0.15, -0.1) is 0 Å². The summed E-state index contributed by atoms with van der Waals surface area (Å²) in [5.74, 6) is 0.540. The molecule has 0 fully saturated rings. The molecule has 0 saturated carbocycles. The lowest BCUT2D eigenvalue weighted by Gasteiger charge is -2.15. The van der Waals surface area contributed by atoms with Crippen molar-refractivity contribution in [1.82, 2.24) is 19.3 Å². The number of hydrogen-bond acceptors (Lipinski definition) is 3. The van der Waals surface area contributed by atoms with Crippen LogP contribution in [0.25, 0.3) is 45.1 Å². The van der Waals surface area contributed by atoms with Crippen molar-refractivity contribution >= 4 is 10.9 Å². The first-order valence-electron chi connectivity index (χ1n) is 11.9. The SMILES string of the molecule is Cc1ccc(-n2nc(-c3ccccc3)cc2-c2nc3ccccc3c(=O)n2-c2ccc(C)cc2)cc1. The minimum Gasteiger partial charge on any atom is -0.268 e. The smallest absolute Gasteiger partial charge is 0.266 e. The molecule has 0 atom stereocenters. The van der Waals surface area contributed by atoms with Gasteiger partial charge in [-0.25, -0.2) is 9.67 Å². The third-order valence-corrected chi connectivity index (χ3v) is 6.35. The molecule has 6 rings (SSSR count). The lowest BCUT2D eigenvalue weighted by molar-refractivity contribution is 0.864. The maximum atomic E-state index is 13.9. The number of rotatable bonds is 4. The van der Waals surface area contributed by atoms with Gasteiger partial charge >= 0.3 is 0 Å². The van der Waals surface area contributed by atoms with Crippen LogP contribution < -0.4 is 5.56 Å². The molecule has 2 heterocycles. The van der Waals surface area contributed by atoms with E-state index < -0.39 is 0 Å². The zero-order chi connectivity index (χ0) is 24.6. The Hall–Kier alpha value is -4.77. The molecule has 0 saturated heterocycles. The van der Waals surface area contributed by atoms with E-state index in [0.717, 1.165) is 39.5 Å². The minimum absolute atomic E-state index is 0.114. The van der Waals surface area contributed by atoms with E-state index in [9.17, 15) is 4.79 Å². The van der Waals surface area contributed by atoms with E-state index in [0.29, 0.717) is 16.7 Å². The summed E-state index contributed by atoms with van der Waals surface area (Å²) in [6.45, 7) is 4.09. The average Bonchev–Trinajstić information content (AvgIpc) is 3.36. The summed E-state index contributed by atoms with van der Waals surface area (Å²) in [7, 11) is 0. The van der Waals surface area contributed by atoms with E-state index in [-0.39, 0.29) is 5.56 Å². The van der Waals surface area contributed by atoms with Gasteiger partial charge in [0.05, 0.1) is 28.0 Å². The summed E-state index contributed by atoms with van der Waals surface area (Å²) in [4.78, 5) is 18.9. The summed E-state index contributed by atoms with van der Waals surface area (Å²) >= 11 is 0. The number of para-hydroxylation sites is 1. The van der Waals surface area contributed by atoms with Crippen molar-refractivity contribution in [1.29, 1.82) is 0 Å². The number of hydrogen-bond donors (Lipinski definition) is 0. The van der Waals surface area contributed by atoms with Crippen LogP contribution in [0.5, 0.6) is 0 Å². The lowest BCUT2D eigenvalue weighted by Crippen LogP contribution is -2.22. The fraction of sp³-hybridized carbons (Fsp3) is 0.0645. The van der Waals surface area contributed by atoms with Crippen molar-refractivity contribution in [2.24, 2.45) is 0 Å². The van der Waals surface area contributed by atoms with Gasteiger partial charge in [-0.2, -0.15) is 5.10 Å². The first kappa shape index (κ1) is 21.7. The Balaban J connectivity index is 1.69. The maximum Gasteiger partial charge on any atom is 0.266 e. The topological polar surface area (TPSA) is 52.7 Å². The molecule has 0 unspecified atom stereocenters. The van der Waals surface area contributed by atoms with Gasteiger partial charge in [0.2, 0.25) is 0 Å². The summed E-state index contributed by atoms with van der Waals surface area (Å²) in [5, 5.41) is 5.55. The van der Waals surface area contributed by atoms with Gasteiger partial charge < -0.3 is 0 Å². The Kier molecular flexibility index (Phi) is 5.30. The Morgan fingerprint density at radius 1 is 0.667 bits per heavy atom. The molecule has 0 radical (unpaired) electrons. The van der Waals surface area contributed by atoms with Crippen LogP contribution in [-0.4, -0.2) is 19.3 Å². The fourth-order valence-corrected chi connectivity index (χ4v) is 4.41. The molecule has 4 aromatic carbocycles. The molecule has 5 heteroatoms. The number of fused-ring (bicyclic) bond motifs is 1. The van der Waals surface area contributed by atoms with Crippen LogP contribution in [-0.2, 0) is 0 Å². The summed E-state index contributed by atoms with van der Waals surface area (Å²) < 4.78 is 3.57. The number of aryl methyl sites for hydroxylation is 2. The monoisotopic (exact) mass is 468 g/mol. The minimum atomic E-state index is -0.114. The van der Waals surface area contributed by atoms with Crippen LogP contribution in [0.2, 0.25) is 0 Å². The molecule has 0 aliphatic heterocycles. The Labute approximate surface area is 208 Å². The molecular formula is C31H24N4O. The molecular weight excluding hydrogens is 444 g/mol. The van der Waals surface area contributed by atoms with Gasteiger partial charge in [-0.3, -0.25) is 9.36 Å². The Morgan fingerprint density at radius 2 is 1.28 bits per heavy atom. The van der Waals surface area contributed by atoms with E-state index in [1.54, 1.807) is 4.57 Å². The number of nitrogens with zero attached hydrogens (tertiary/aromatic N) is 4. The highest BCUT2D eigenvalue weighted by Gasteiger charge is 2.21. The molecule has 5 nitrogen and oxygen atoms in total. The van der Waals surface area contributed by atoms with Gasteiger partial charge in [0, 0.05) is 5.56 Å². The van der Waals surface area contributed by atoms with Crippen LogP contribution >= 0.6 is 0 Å². The van der Waals surface area contributed by atoms with E-state index in [4.69, 9.17) is 10.1 Å². The molecule has 0 bridgehead atoms. The molecule has 0 spiro atoms. The third-order valence-electron chi connectivity index (χ3n) is 6.35. The van der Waals surface area contributed by atoms with Gasteiger partial charge in [0.25, 0.3) is 5.56 Å². The van der Waals surface area contributed by atoms with Crippen molar-refractivity contribution < 1.29 is 0 Å². The first-order valence-corrected chi connectivity index (χ1v) is 11.9. The summed E-state index contributed by atoms with van der Waals surface area (Å²) in [6.07, 6.45) is 0. The Bertz CT molecular complexity index is 1750. The van der Waals surface area contributed by atoms with E-state index in [1.165, 1.54) is 0 Å². The van der Waals surface area contributed by atoms with Crippen LogP contribution in [0.1, 0.15) is 11.1 Å². The van der Waals surface area contributed by atoms with Gasteiger partial charge in [0.15, 0.2) is 5.82 Å². The summed E-state index contributed by atoms with van der Waals surface area (Å²) in [5.41, 5.74) is 7.03. The second-order valence-electron chi connectivity index (χ2n) is 8.96. The molecule has 2 aromatic heterocycles. The standard InChI is InChI=1S/C31H24N4O/c1-21-12-16-24(17-13-21)34-30(32-27-11-7-6-10-26(27)31(34)36)29-20-28(23-8-4-3-5-9-23)33-35(29)25-18-14-22(2)15-19-25/h3-20H,1-2H3. The van der Waals surface area contributed by atoms with Crippen LogP contribution in [0, 0.1) is 13.8 Å². The van der Waals surface area contributed by atoms with E-state index in [2.05, 4.69) is 19.1 Å². The zero-order valence-corrected chi connectivity index (χ0v) is 20.1. The lowest BCUT2D eigenvalue weighted by atomic mass is 10.1. The summed E-state index contributed by atoms with van der Waals surface area (Å²) in [6, 6.07) is 35.7. The largest absolute Gasteiger partial charge is 0.268 e. The second kappa shape index (κ2) is 8.78. The van der Waals surface area contributed by atoms with Crippen molar-refractivity contribution in [3.63, 3.8) is 0 Å². The molecule has 0 aliphatic rings. The quantitative estimate of drug-likeness (QED) is 0.296. The van der Waals surface area contributed by atoms with Crippen LogP contribution in [0.3, 0.4) is 0 Å². The molecule has 0 aliphatic carbocycles. The van der Waals surface area contributed by atoms with E-state index >= 15 is 0 Å².